The first-order valence-corrected chi connectivity index (χ1v) is 24.4. The molecule has 2 spiro atoms. The lowest BCUT2D eigenvalue weighted by molar-refractivity contribution is 0.626. The van der Waals surface area contributed by atoms with Gasteiger partial charge in [-0.3, -0.25) is 0 Å². The first-order chi connectivity index (χ1) is 33.5. The summed E-state index contributed by atoms with van der Waals surface area (Å²) in [5.41, 5.74) is 29.8. The lowest BCUT2D eigenvalue weighted by Crippen LogP contribution is -2.26. The van der Waals surface area contributed by atoms with Crippen LogP contribution in [0.5, 0.6) is 0 Å². The maximum atomic E-state index is 2.56. The van der Waals surface area contributed by atoms with Crippen LogP contribution in [0, 0.1) is 0 Å². The lowest BCUT2D eigenvalue weighted by Gasteiger charge is -2.33. The fraction of sp³-hybridized carbons (Fsp3) is 0.104. The van der Waals surface area contributed by atoms with Gasteiger partial charge in [-0.25, -0.2) is 0 Å². The van der Waals surface area contributed by atoms with Crippen molar-refractivity contribution in [1.82, 2.24) is 0 Å². The molecule has 0 saturated heterocycles. The van der Waals surface area contributed by atoms with Crippen LogP contribution in [-0.2, 0) is 22.7 Å². The second kappa shape index (κ2) is 13.6. The van der Waals surface area contributed by atoms with Gasteiger partial charge in [0.15, 0.2) is 0 Å². The average Bonchev–Trinajstić information content (AvgIpc) is 4.15. The van der Waals surface area contributed by atoms with E-state index in [-0.39, 0.29) is 10.8 Å². The molecular formula is C67H47N. The zero-order valence-electron chi connectivity index (χ0n) is 38.2. The van der Waals surface area contributed by atoms with Crippen LogP contribution in [0.1, 0.15) is 75.9 Å². The molecular weight excluding hydrogens is 819 g/mol. The number of benzene rings is 10. The first kappa shape index (κ1) is 38.1. The maximum absolute atomic E-state index is 2.56. The lowest BCUT2D eigenvalue weighted by atomic mass is 9.70. The monoisotopic (exact) mass is 865 g/mol. The first-order valence-electron chi connectivity index (χ1n) is 24.4. The third kappa shape index (κ3) is 4.71. The molecule has 0 aliphatic heterocycles. The summed E-state index contributed by atoms with van der Waals surface area (Å²) in [5.74, 6) is 0. The van der Waals surface area contributed by atoms with E-state index in [1.807, 2.05) is 0 Å². The van der Waals surface area contributed by atoms with Gasteiger partial charge >= 0.3 is 0 Å². The zero-order chi connectivity index (χ0) is 44.9. The van der Waals surface area contributed by atoms with Gasteiger partial charge in [-0.15, -0.1) is 0 Å². The van der Waals surface area contributed by atoms with Crippen molar-refractivity contribution >= 4 is 17.1 Å². The van der Waals surface area contributed by atoms with Crippen molar-refractivity contribution in [3.8, 4) is 55.6 Å². The Morgan fingerprint density at radius 3 is 1.41 bits per heavy atom. The third-order valence-corrected chi connectivity index (χ3v) is 16.9. The summed E-state index contributed by atoms with van der Waals surface area (Å²) < 4.78 is 0. The van der Waals surface area contributed by atoms with Crippen LogP contribution >= 0.6 is 0 Å². The van der Waals surface area contributed by atoms with Crippen molar-refractivity contribution in [3.05, 3.63) is 280 Å². The number of hydrogen-bond acceptors (Lipinski definition) is 1. The highest BCUT2D eigenvalue weighted by atomic mass is 15.1. The molecule has 0 amide bonds. The summed E-state index contributed by atoms with van der Waals surface area (Å²) in [5, 5.41) is 0. The van der Waals surface area contributed by atoms with Crippen molar-refractivity contribution in [2.45, 2.75) is 42.9 Å². The van der Waals surface area contributed by atoms with Crippen LogP contribution in [0.2, 0.25) is 0 Å². The number of nitrogens with zero attached hydrogens (tertiary/aromatic N) is 1. The maximum Gasteiger partial charge on any atom is 0.0726 e. The van der Waals surface area contributed by atoms with Gasteiger partial charge in [0.2, 0.25) is 0 Å². The summed E-state index contributed by atoms with van der Waals surface area (Å²) >= 11 is 0. The fourth-order valence-electron chi connectivity index (χ4n) is 14.2. The Balaban J connectivity index is 0.985. The van der Waals surface area contributed by atoms with E-state index in [2.05, 4.69) is 243 Å². The molecule has 0 saturated carbocycles. The molecule has 5 aliphatic carbocycles. The van der Waals surface area contributed by atoms with E-state index >= 15 is 0 Å². The molecule has 15 rings (SSSR count). The molecule has 5 aliphatic rings. The fourth-order valence-corrected chi connectivity index (χ4v) is 14.2. The van der Waals surface area contributed by atoms with Gasteiger partial charge in [-0.2, -0.15) is 0 Å². The van der Waals surface area contributed by atoms with E-state index < -0.39 is 5.41 Å². The van der Waals surface area contributed by atoms with Crippen molar-refractivity contribution in [2.75, 3.05) is 4.90 Å². The van der Waals surface area contributed by atoms with Gasteiger partial charge in [0.25, 0.3) is 0 Å². The minimum Gasteiger partial charge on any atom is -0.310 e. The third-order valence-electron chi connectivity index (χ3n) is 16.9. The normalized spacial score (nSPS) is 17.1. The summed E-state index contributed by atoms with van der Waals surface area (Å²) in [6.07, 6.45) is 2.13. The largest absolute Gasteiger partial charge is 0.310 e. The number of rotatable bonds is 4. The molecule has 1 unspecified atom stereocenters. The van der Waals surface area contributed by atoms with E-state index in [9.17, 15) is 0 Å². The molecule has 1 atom stereocenters. The molecule has 1 heteroatoms. The molecule has 320 valence electrons. The highest BCUT2D eigenvalue weighted by Crippen LogP contribution is 2.64. The van der Waals surface area contributed by atoms with E-state index in [0.717, 1.165) is 24.2 Å². The van der Waals surface area contributed by atoms with E-state index in [1.165, 1.54) is 117 Å². The average molecular weight is 866 g/mol. The topological polar surface area (TPSA) is 3.24 Å². The highest BCUT2D eigenvalue weighted by Gasteiger charge is 2.52. The molecule has 10 aromatic carbocycles. The minimum absolute atomic E-state index is 0.143. The summed E-state index contributed by atoms with van der Waals surface area (Å²) in [4.78, 5) is 2.56. The van der Waals surface area contributed by atoms with Crippen LogP contribution in [0.25, 0.3) is 55.6 Å². The van der Waals surface area contributed by atoms with Gasteiger partial charge in [-0.05, 0) is 161 Å². The SMILES string of the molecule is CC1(C)c2ccccc2-c2cccc(-c3cccc(N(c4ccc5c(c4)C4(CCc6ccccc64)c4ccccc4-5)c4ccc5c(c4)C4(c6ccccc6-c6ccccc64)c4ccccc4-5)c3)c21. The molecule has 0 heterocycles. The van der Waals surface area contributed by atoms with Crippen molar-refractivity contribution < 1.29 is 0 Å². The minimum atomic E-state index is -0.453. The van der Waals surface area contributed by atoms with Gasteiger partial charge in [0, 0.05) is 27.9 Å². The molecule has 0 bridgehead atoms. The van der Waals surface area contributed by atoms with Crippen LogP contribution in [0.3, 0.4) is 0 Å². The highest BCUT2D eigenvalue weighted by molar-refractivity contribution is 5.97. The van der Waals surface area contributed by atoms with Crippen LogP contribution < -0.4 is 4.90 Å². The molecule has 10 aromatic rings. The van der Waals surface area contributed by atoms with E-state index in [4.69, 9.17) is 0 Å². The Morgan fingerprint density at radius 2 is 0.765 bits per heavy atom. The zero-order valence-corrected chi connectivity index (χ0v) is 38.2. The predicted molar refractivity (Wildman–Crippen MR) is 281 cm³/mol. The number of aryl methyl sites for hydroxylation is 1. The van der Waals surface area contributed by atoms with Crippen molar-refractivity contribution in [1.29, 1.82) is 0 Å². The standard InChI is InChI=1S/C67H47N/c1-65(2)57-28-10-4-24-52(57)55-26-16-25-47(64(55)65)43-18-15-19-44(39-43)68(45-33-35-53-48-20-5-11-29-58(48)66(62(53)40-45)38-37-42-17-3-9-27-56(42)66)46-34-36-54-51-23-8-14-32-61(51)67(63(54)41-46)59-30-12-6-21-49(59)50-22-7-13-31-60(50)67/h3-36,39-41H,37-38H2,1-2H3. The smallest absolute Gasteiger partial charge is 0.0726 e. The van der Waals surface area contributed by atoms with Gasteiger partial charge in [-0.1, -0.05) is 202 Å². The molecule has 0 N–H and O–H groups in total. The second-order valence-corrected chi connectivity index (χ2v) is 20.2. The van der Waals surface area contributed by atoms with E-state index in [1.54, 1.807) is 0 Å². The Kier molecular flexibility index (Phi) is 7.60. The quantitative estimate of drug-likeness (QED) is 0.170. The molecule has 0 radical (unpaired) electrons. The summed E-state index contributed by atoms with van der Waals surface area (Å²) in [7, 11) is 0. The van der Waals surface area contributed by atoms with Gasteiger partial charge in [0.05, 0.1) is 5.41 Å². The van der Waals surface area contributed by atoms with Gasteiger partial charge in [0.1, 0.15) is 0 Å². The van der Waals surface area contributed by atoms with Crippen molar-refractivity contribution in [3.63, 3.8) is 0 Å². The molecule has 0 fully saturated rings. The van der Waals surface area contributed by atoms with E-state index in [0.29, 0.717) is 0 Å². The Labute approximate surface area is 398 Å². The Bertz CT molecular complexity index is 3750. The molecule has 1 nitrogen and oxygen atoms in total. The Hall–Kier alpha value is -8.00. The summed E-state index contributed by atoms with van der Waals surface area (Å²) in [6, 6.07) is 85.8. The number of fused-ring (bicyclic) bond motifs is 20. The molecule has 68 heavy (non-hydrogen) atoms. The predicted octanol–water partition coefficient (Wildman–Crippen LogP) is 16.7. The molecule has 0 aromatic heterocycles. The summed E-state index contributed by atoms with van der Waals surface area (Å²) in [6.45, 7) is 4.79. The van der Waals surface area contributed by atoms with Crippen LogP contribution in [0.15, 0.2) is 224 Å². The Morgan fingerprint density at radius 1 is 0.324 bits per heavy atom. The number of anilines is 3. The second-order valence-electron chi connectivity index (χ2n) is 20.2. The van der Waals surface area contributed by atoms with Crippen LogP contribution in [-0.4, -0.2) is 0 Å². The van der Waals surface area contributed by atoms with Crippen LogP contribution in [0.4, 0.5) is 17.1 Å². The van der Waals surface area contributed by atoms with Crippen molar-refractivity contribution in [2.24, 2.45) is 0 Å². The number of hydrogen-bond donors (Lipinski definition) is 0. The van der Waals surface area contributed by atoms with Gasteiger partial charge < -0.3 is 4.90 Å².